The molecule has 0 aliphatic heterocycles. The molecule has 0 spiro atoms. The quantitative estimate of drug-likeness (QED) is 0.844. The Morgan fingerprint density at radius 1 is 1.17 bits per heavy atom. The molecule has 1 aromatic heterocycles. The van der Waals surface area contributed by atoms with Crippen LogP contribution in [0.1, 0.15) is 24.2 Å². The molecule has 1 N–H and O–H groups in total. The zero-order chi connectivity index (χ0) is 17.0. The van der Waals surface area contributed by atoms with Crippen molar-refractivity contribution in [2.75, 3.05) is 20.6 Å². The molecule has 0 aliphatic carbocycles. The summed E-state index contributed by atoms with van der Waals surface area (Å²) >= 11 is 0. The Morgan fingerprint density at radius 2 is 1.83 bits per heavy atom. The van der Waals surface area contributed by atoms with E-state index in [9.17, 15) is 8.42 Å². The smallest absolute Gasteiger partial charge is 0.240 e. The Hall–Kier alpha value is -1.63. The highest BCUT2D eigenvalue weighted by atomic mass is 32.2. The van der Waals surface area contributed by atoms with Gasteiger partial charge in [0.1, 0.15) is 0 Å². The van der Waals surface area contributed by atoms with Crippen LogP contribution in [0.5, 0.6) is 0 Å². The molecular weight excluding hydrogens is 310 g/mol. The van der Waals surface area contributed by atoms with Crippen LogP contribution < -0.4 is 4.72 Å². The molecule has 1 atom stereocenters. The molecule has 0 radical (unpaired) electrons. The van der Waals surface area contributed by atoms with Crippen molar-refractivity contribution in [2.24, 2.45) is 7.05 Å². The number of aryl methyl sites for hydroxylation is 2. The Balaban J connectivity index is 2.14. The van der Waals surface area contributed by atoms with Crippen molar-refractivity contribution in [2.45, 2.75) is 24.3 Å². The Bertz CT molecular complexity index is 733. The Morgan fingerprint density at radius 3 is 2.30 bits per heavy atom. The molecule has 0 aliphatic rings. The van der Waals surface area contributed by atoms with Gasteiger partial charge in [-0.05, 0) is 50.3 Å². The average Bonchev–Trinajstić information content (AvgIpc) is 2.93. The molecule has 1 heterocycles. The maximum absolute atomic E-state index is 12.5. The average molecular weight is 335 g/mol. The topological polar surface area (TPSA) is 54.3 Å². The van der Waals surface area contributed by atoms with Crippen molar-refractivity contribution in [1.82, 2.24) is 14.2 Å². The standard InChI is InChI=1S/C17H25N3O2S/c1-5-14-8-10-15(11-9-14)23(21,22)18-13-17(19(2)3)16-7-6-12-20(16)4/h6-12,17-18H,5,13H2,1-4H3. The number of hydrogen-bond donors (Lipinski definition) is 1. The van der Waals surface area contributed by atoms with Gasteiger partial charge in [0.25, 0.3) is 0 Å². The van der Waals surface area contributed by atoms with E-state index in [0.717, 1.165) is 17.7 Å². The van der Waals surface area contributed by atoms with Crippen molar-refractivity contribution >= 4 is 10.0 Å². The third-order valence-corrected chi connectivity index (χ3v) is 5.50. The van der Waals surface area contributed by atoms with Crippen molar-refractivity contribution in [1.29, 1.82) is 0 Å². The van der Waals surface area contributed by atoms with Gasteiger partial charge in [-0.2, -0.15) is 0 Å². The lowest BCUT2D eigenvalue weighted by Crippen LogP contribution is -2.35. The Kier molecular flexibility index (Phi) is 5.62. The van der Waals surface area contributed by atoms with Crippen LogP contribution in [-0.4, -0.2) is 38.5 Å². The summed E-state index contributed by atoms with van der Waals surface area (Å²) < 4.78 is 29.7. The molecule has 1 unspecified atom stereocenters. The largest absolute Gasteiger partial charge is 0.353 e. The summed E-state index contributed by atoms with van der Waals surface area (Å²) in [5.74, 6) is 0. The number of likely N-dealkylation sites (N-methyl/N-ethyl adjacent to an activating group) is 1. The second-order valence-corrected chi connectivity index (χ2v) is 7.64. The van der Waals surface area contributed by atoms with Crippen molar-refractivity contribution in [3.05, 3.63) is 53.9 Å². The van der Waals surface area contributed by atoms with Crippen molar-refractivity contribution < 1.29 is 8.42 Å². The van der Waals surface area contributed by atoms with Crippen LogP contribution in [-0.2, 0) is 23.5 Å². The van der Waals surface area contributed by atoms with Gasteiger partial charge in [0.15, 0.2) is 0 Å². The van der Waals surface area contributed by atoms with E-state index in [1.54, 1.807) is 12.1 Å². The molecule has 6 heteroatoms. The van der Waals surface area contributed by atoms with Gasteiger partial charge in [-0.15, -0.1) is 0 Å². The molecule has 126 valence electrons. The van der Waals surface area contributed by atoms with E-state index in [-0.39, 0.29) is 6.04 Å². The SMILES string of the molecule is CCc1ccc(S(=O)(=O)NCC(c2cccn2C)N(C)C)cc1. The molecule has 0 saturated carbocycles. The summed E-state index contributed by atoms with van der Waals surface area (Å²) in [6, 6.07) is 11.0. The monoisotopic (exact) mass is 335 g/mol. The van der Waals surface area contributed by atoms with Crippen molar-refractivity contribution in [3.63, 3.8) is 0 Å². The van der Waals surface area contributed by atoms with Gasteiger partial charge in [-0.1, -0.05) is 19.1 Å². The zero-order valence-corrected chi connectivity index (χ0v) is 15.0. The Labute approximate surface area is 139 Å². The second-order valence-electron chi connectivity index (χ2n) is 5.87. The third-order valence-electron chi connectivity index (χ3n) is 4.06. The predicted octanol–water partition coefficient (Wildman–Crippen LogP) is 2.17. The van der Waals surface area contributed by atoms with Gasteiger partial charge in [-0.3, -0.25) is 4.90 Å². The molecule has 0 bridgehead atoms. The highest BCUT2D eigenvalue weighted by Crippen LogP contribution is 2.18. The minimum Gasteiger partial charge on any atom is -0.353 e. The molecule has 23 heavy (non-hydrogen) atoms. The number of hydrogen-bond acceptors (Lipinski definition) is 3. The van der Waals surface area contributed by atoms with Crippen LogP contribution in [0.2, 0.25) is 0 Å². The number of nitrogens with zero attached hydrogens (tertiary/aromatic N) is 2. The fourth-order valence-electron chi connectivity index (χ4n) is 2.55. The fourth-order valence-corrected chi connectivity index (χ4v) is 3.59. The molecular formula is C17H25N3O2S. The maximum Gasteiger partial charge on any atom is 0.240 e. The van der Waals surface area contributed by atoms with Gasteiger partial charge >= 0.3 is 0 Å². The first-order valence-corrected chi connectivity index (χ1v) is 9.19. The van der Waals surface area contributed by atoms with E-state index >= 15 is 0 Å². The third kappa shape index (κ3) is 4.22. The van der Waals surface area contributed by atoms with Crippen LogP contribution in [0.4, 0.5) is 0 Å². The van der Waals surface area contributed by atoms with Crippen LogP contribution in [0.15, 0.2) is 47.5 Å². The van der Waals surface area contributed by atoms with Gasteiger partial charge in [-0.25, -0.2) is 13.1 Å². The van der Waals surface area contributed by atoms with E-state index in [2.05, 4.69) is 4.72 Å². The number of nitrogens with one attached hydrogen (secondary N) is 1. The number of benzene rings is 1. The minimum atomic E-state index is -3.50. The van der Waals surface area contributed by atoms with Crippen LogP contribution in [0.25, 0.3) is 0 Å². The normalized spacial score (nSPS) is 13.4. The lowest BCUT2D eigenvalue weighted by atomic mass is 10.2. The molecule has 0 fully saturated rings. The van der Waals surface area contributed by atoms with Crippen LogP contribution in [0.3, 0.4) is 0 Å². The summed E-state index contributed by atoms with van der Waals surface area (Å²) in [7, 11) is 2.35. The summed E-state index contributed by atoms with van der Waals surface area (Å²) in [5, 5.41) is 0. The van der Waals surface area contributed by atoms with E-state index in [4.69, 9.17) is 0 Å². The molecule has 2 rings (SSSR count). The maximum atomic E-state index is 12.5. The van der Waals surface area contributed by atoms with Gasteiger partial charge < -0.3 is 4.57 Å². The summed E-state index contributed by atoms with van der Waals surface area (Å²) in [5.41, 5.74) is 2.19. The first-order valence-electron chi connectivity index (χ1n) is 7.71. The first-order chi connectivity index (χ1) is 10.8. The molecule has 0 saturated heterocycles. The summed E-state index contributed by atoms with van der Waals surface area (Å²) in [6.45, 7) is 2.37. The second kappa shape index (κ2) is 7.29. The van der Waals surface area contributed by atoms with Gasteiger partial charge in [0.05, 0.1) is 10.9 Å². The number of sulfonamides is 1. The summed E-state index contributed by atoms with van der Waals surface area (Å²) in [4.78, 5) is 2.32. The number of rotatable bonds is 7. The first kappa shape index (κ1) is 17.7. The molecule has 2 aromatic rings. The van der Waals surface area contributed by atoms with E-state index in [1.807, 2.05) is 68.0 Å². The molecule has 5 nitrogen and oxygen atoms in total. The summed E-state index contributed by atoms with van der Waals surface area (Å²) in [6.07, 6.45) is 2.85. The van der Waals surface area contributed by atoms with Crippen molar-refractivity contribution in [3.8, 4) is 0 Å². The van der Waals surface area contributed by atoms with Crippen LogP contribution >= 0.6 is 0 Å². The molecule has 0 amide bonds. The van der Waals surface area contributed by atoms with Gasteiger partial charge in [0, 0.05) is 25.5 Å². The van der Waals surface area contributed by atoms with E-state index in [0.29, 0.717) is 11.4 Å². The van der Waals surface area contributed by atoms with Crippen LogP contribution in [0, 0.1) is 0 Å². The predicted molar refractivity (Wildman–Crippen MR) is 92.8 cm³/mol. The number of aromatic nitrogens is 1. The highest BCUT2D eigenvalue weighted by Gasteiger charge is 2.21. The zero-order valence-electron chi connectivity index (χ0n) is 14.2. The minimum absolute atomic E-state index is 0.0281. The lowest BCUT2D eigenvalue weighted by Gasteiger charge is -2.25. The highest BCUT2D eigenvalue weighted by molar-refractivity contribution is 7.89. The van der Waals surface area contributed by atoms with E-state index < -0.39 is 10.0 Å². The lowest BCUT2D eigenvalue weighted by molar-refractivity contribution is 0.289. The fraction of sp³-hybridized carbons (Fsp3) is 0.412. The van der Waals surface area contributed by atoms with E-state index in [1.165, 1.54) is 0 Å². The molecule has 1 aromatic carbocycles. The van der Waals surface area contributed by atoms with Gasteiger partial charge in [0.2, 0.25) is 10.0 Å².